The number of unbranched alkanes of at least 4 members (excludes halogenated alkanes) is 11. The summed E-state index contributed by atoms with van der Waals surface area (Å²) < 4.78 is 13.9. The summed E-state index contributed by atoms with van der Waals surface area (Å²) in [6.07, 6.45) is 17.9. The molecule has 0 aliphatic carbocycles. The number of amides is 2. The van der Waals surface area contributed by atoms with Crippen LogP contribution < -0.4 is 41.2 Å². The number of aromatic nitrogens is 1. The van der Waals surface area contributed by atoms with Gasteiger partial charge in [0, 0.05) is 18.3 Å². The molecule has 1 heterocycles. The van der Waals surface area contributed by atoms with Crippen molar-refractivity contribution in [2.24, 2.45) is 0 Å². The monoisotopic (exact) mass is 659 g/mol. The molecule has 0 aliphatic rings. The van der Waals surface area contributed by atoms with Crippen LogP contribution in [0.5, 0.6) is 11.5 Å². The number of thiazole rings is 1. The van der Waals surface area contributed by atoms with E-state index < -0.39 is 0 Å². The Labute approximate surface area is 268 Å². The maximum atomic E-state index is 12.9. The molecular formula is C34H50BrN3O3S. The summed E-state index contributed by atoms with van der Waals surface area (Å²) in [7, 11) is 3.33. The highest BCUT2D eigenvalue weighted by Crippen LogP contribution is 2.30. The fraction of sp³-hybridized carbons (Fsp3) is 0.529. The van der Waals surface area contributed by atoms with E-state index in [4.69, 9.17) is 9.47 Å². The first-order valence-corrected chi connectivity index (χ1v) is 16.4. The number of nitrogens with one attached hydrogen (secondary N) is 1. The number of halogens is 1. The van der Waals surface area contributed by atoms with Crippen molar-refractivity contribution in [1.29, 1.82) is 0 Å². The Morgan fingerprint density at radius 2 is 1.57 bits per heavy atom. The Morgan fingerprint density at radius 3 is 2.19 bits per heavy atom. The lowest BCUT2D eigenvalue weighted by Crippen LogP contribution is -3.00. The van der Waals surface area contributed by atoms with Crippen LogP contribution in [-0.2, 0) is 13.1 Å². The van der Waals surface area contributed by atoms with E-state index in [2.05, 4.69) is 46.0 Å². The molecule has 42 heavy (non-hydrogen) atoms. The Bertz CT molecular complexity index is 1140. The van der Waals surface area contributed by atoms with Gasteiger partial charge in [-0.1, -0.05) is 107 Å². The molecule has 1 aromatic heterocycles. The largest absolute Gasteiger partial charge is 1.00 e. The molecule has 0 saturated carbocycles. The normalized spacial score (nSPS) is 10.6. The molecule has 0 saturated heterocycles. The van der Waals surface area contributed by atoms with Gasteiger partial charge in [0.05, 0.1) is 25.6 Å². The van der Waals surface area contributed by atoms with Crippen LogP contribution in [0.25, 0.3) is 0 Å². The van der Waals surface area contributed by atoms with Gasteiger partial charge in [-0.15, -0.1) is 0 Å². The molecule has 8 heteroatoms. The van der Waals surface area contributed by atoms with Gasteiger partial charge in [0.15, 0.2) is 24.2 Å². The van der Waals surface area contributed by atoms with Crippen molar-refractivity contribution in [2.75, 3.05) is 25.7 Å². The van der Waals surface area contributed by atoms with Crippen molar-refractivity contribution in [3.05, 3.63) is 70.7 Å². The number of anilines is 1. The van der Waals surface area contributed by atoms with E-state index in [1.54, 1.807) is 30.4 Å². The van der Waals surface area contributed by atoms with Crippen LogP contribution in [0, 0.1) is 0 Å². The summed E-state index contributed by atoms with van der Waals surface area (Å²) in [6.45, 7) is 4.13. The highest BCUT2D eigenvalue weighted by Gasteiger charge is 2.17. The van der Waals surface area contributed by atoms with Crippen molar-refractivity contribution < 1.29 is 35.8 Å². The number of nitrogens with zero attached hydrogens (tertiary/aromatic N) is 2. The number of hydrogen-bond donors (Lipinski definition) is 1. The van der Waals surface area contributed by atoms with E-state index >= 15 is 0 Å². The van der Waals surface area contributed by atoms with E-state index in [1.807, 2.05) is 30.3 Å². The van der Waals surface area contributed by atoms with Crippen molar-refractivity contribution in [1.82, 2.24) is 5.32 Å². The first-order valence-electron chi connectivity index (χ1n) is 15.4. The molecule has 3 aromatic rings. The molecule has 0 radical (unpaired) electrons. The minimum atomic E-state index is -0.153. The number of urea groups is 1. The first-order chi connectivity index (χ1) is 20.1. The molecular weight excluding hydrogens is 610 g/mol. The van der Waals surface area contributed by atoms with Crippen molar-refractivity contribution in [3.8, 4) is 11.5 Å². The van der Waals surface area contributed by atoms with Crippen LogP contribution in [0.15, 0.2) is 59.6 Å². The maximum absolute atomic E-state index is 12.9. The van der Waals surface area contributed by atoms with Crippen LogP contribution in [0.2, 0.25) is 0 Å². The smallest absolute Gasteiger partial charge is 0.321 e. The number of carbonyl (C=O) groups is 1. The predicted molar refractivity (Wildman–Crippen MR) is 170 cm³/mol. The van der Waals surface area contributed by atoms with Gasteiger partial charge in [-0.05, 0) is 36.2 Å². The van der Waals surface area contributed by atoms with Crippen molar-refractivity contribution in [3.63, 3.8) is 0 Å². The van der Waals surface area contributed by atoms with Gasteiger partial charge in [-0.25, -0.2) is 4.79 Å². The lowest BCUT2D eigenvalue weighted by molar-refractivity contribution is -0.683. The van der Waals surface area contributed by atoms with Gasteiger partial charge in [-0.3, -0.25) is 4.90 Å². The highest BCUT2D eigenvalue weighted by molar-refractivity contribution is 7.07. The topological polar surface area (TPSA) is 54.7 Å². The minimum Gasteiger partial charge on any atom is -1.00 e. The van der Waals surface area contributed by atoms with E-state index in [0.717, 1.165) is 35.5 Å². The van der Waals surface area contributed by atoms with Gasteiger partial charge >= 0.3 is 6.03 Å². The molecule has 6 nitrogen and oxygen atoms in total. The molecule has 0 atom stereocenters. The number of hydrogen-bond acceptors (Lipinski definition) is 4. The zero-order valence-electron chi connectivity index (χ0n) is 25.8. The van der Waals surface area contributed by atoms with E-state index in [-0.39, 0.29) is 23.0 Å². The molecule has 0 spiro atoms. The van der Waals surface area contributed by atoms with Crippen LogP contribution in [0.1, 0.15) is 95.1 Å². The maximum Gasteiger partial charge on any atom is 0.321 e. The lowest BCUT2D eigenvalue weighted by atomic mass is 10.1. The lowest BCUT2D eigenvalue weighted by Gasteiger charge is -2.23. The number of benzene rings is 2. The summed E-state index contributed by atoms with van der Waals surface area (Å²) in [5.74, 6) is 1.45. The van der Waals surface area contributed by atoms with Crippen LogP contribution in [0.4, 0.5) is 10.5 Å². The van der Waals surface area contributed by atoms with E-state index in [9.17, 15) is 4.79 Å². The minimum absolute atomic E-state index is 0. The highest BCUT2D eigenvalue weighted by atomic mass is 79.9. The second-order valence-electron chi connectivity index (χ2n) is 10.7. The average molecular weight is 661 g/mol. The molecule has 0 unspecified atom stereocenters. The van der Waals surface area contributed by atoms with E-state index in [0.29, 0.717) is 18.9 Å². The van der Waals surface area contributed by atoms with Gasteiger partial charge in [0.2, 0.25) is 5.51 Å². The third-order valence-electron chi connectivity index (χ3n) is 7.40. The second kappa shape index (κ2) is 21.2. The fourth-order valence-corrected chi connectivity index (χ4v) is 5.64. The Balaban J connectivity index is 0.00000616. The summed E-state index contributed by atoms with van der Waals surface area (Å²) in [5, 5.41) is 4.85. The van der Waals surface area contributed by atoms with Crippen molar-refractivity contribution >= 4 is 23.1 Å². The Morgan fingerprint density at radius 1 is 0.881 bits per heavy atom. The Kier molecular flexibility index (Phi) is 17.9. The quantitative estimate of drug-likeness (QED) is 0.128. The van der Waals surface area contributed by atoms with Gasteiger partial charge in [-0.2, -0.15) is 4.57 Å². The molecule has 2 amide bonds. The van der Waals surface area contributed by atoms with Crippen LogP contribution >= 0.6 is 11.3 Å². The van der Waals surface area contributed by atoms with Gasteiger partial charge in [0.25, 0.3) is 0 Å². The molecule has 2 aromatic carbocycles. The zero-order valence-corrected chi connectivity index (χ0v) is 28.2. The van der Waals surface area contributed by atoms with Crippen LogP contribution in [0.3, 0.4) is 0 Å². The second-order valence-corrected chi connectivity index (χ2v) is 11.5. The molecule has 232 valence electrons. The number of rotatable bonds is 20. The molecule has 3 rings (SSSR count). The zero-order chi connectivity index (χ0) is 29.1. The fourth-order valence-electron chi connectivity index (χ4n) is 5.04. The van der Waals surface area contributed by atoms with Crippen molar-refractivity contribution in [2.45, 2.75) is 97.1 Å². The summed E-state index contributed by atoms with van der Waals surface area (Å²) in [6, 6.07) is 13.9. The Hall–Kier alpha value is -2.58. The summed E-state index contributed by atoms with van der Waals surface area (Å²) in [4.78, 5) is 14.7. The molecule has 0 aliphatic heterocycles. The number of ether oxygens (including phenoxy) is 2. The standard InChI is InChI=1S/C34H49N3O3S.BrH/c1-4-5-6-7-8-9-10-11-12-13-14-15-22-40-33-25-30(19-20-32(33)39-3)27-37(34(38)35-2)31-18-16-17-29(24-31)26-36-21-23-41-28-36;/h16-21,23-25,28H,4-15,22,26-27H2,1-3H3;1H. The summed E-state index contributed by atoms with van der Waals surface area (Å²) >= 11 is 1.67. The van der Waals surface area contributed by atoms with Crippen LogP contribution in [-0.4, -0.2) is 26.8 Å². The molecule has 0 bridgehead atoms. The van der Waals surface area contributed by atoms with Gasteiger partial charge < -0.3 is 31.8 Å². The SMILES string of the molecule is CCCCCCCCCCCCCCOc1cc(CN(C(=O)NC)c2cccc(C[n+]3ccsc3)c2)ccc1OC.[Br-]. The third-order valence-corrected chi connectivity index (χ3v) is 8.07. The first kappa shape index (κ1) is 35.6. The number of carbonyl (C=O) groups excluding carboxylic acids is 1. The number of methoxy groups -OCH3 is 1. The van der Waals surface area contributed by atoms with E-state index in [1.165, 1.54) is 70.6 Å². The third kappa shape index (κ3) is 12.7. The molecule has 1 N–H and O–H groups in total. The summed E-state index contributed by atoms with van der Waals surface area (Å²) in [5.41, 5.74) is 5.06. The predicted octanol–water partition coefficient (Wildman–Crippen LogP) is 5.52. The van der Waals surface area contributed by atoms with Gasteiger partial charge in [0.1, 0.15) is 0 Å². The molecule has 0 fully saturated rings. The average Bonchev–Trinajstić information content (AvgIpc) is 3.51.